The molecule has 0 bridgehead atoms. The Morgan fingerprint density at radius 2 is 1.58 bits per heavy atom. The quantitative estimate of drug-likeness (QED) is 0.565. The highest BCUT2D eigenvalue weighted by Crippen LogP contribution is 2.18. The average Bonchev–Trinajstić information content (AvgIpc) is 2.09. The molecule has 0 saturated heterocycles. The molecule has 0 nitrogen and oxygen atoms in total. The van der Waals surface area contributed by atoms with E-state index < -0.39 is 8.07 Å². The monoisotopic (exact) mass is 178 g/mol. The maximum Gasteiger partial charge on any atom is 0.151 e. The summed E-state index contributed by atoms with van der Waals surface area (Å²) in [6.45, 7) is 15.8. The molecule has 0 aromatic carbocycles. The molecule has 0 amide bonds. The standard InChI is InChI=1S/C11H18Si/c1-6-10-11(5)12(7-2,8-3)9-4/h7-10H,2-4,6H2,1,5H3/b11-10+. The summed E-state index contributed by atoms with van der Waals surface area (Å²) >= 11 is 0. The normalized spacial score (nSPS) is 12.3. The molecule has 1 heteroatoms. The van der Waals surface area contributed by atoms with Gasteiger partial charge in [0, 0.05) is 0 Å². The SMILES string of the molecule is C=C[Si](C=C)(C=C)/C(C)=C/CC. The predicted octanol–water partition coefficient (Wildman–Crippen LogP) is 3.51. The van der Waals surface area contributed by atoms with Crippen molar-refractivity contribution in [2.45, 2.75) is 20.3 Å². The maximum atomic E-state index is 3.86. The smallest absolute Gasteiger partial charge is 0.106 e. The molecular formula is C11H18Si. The topological polar surface area (TPSA) is 0 Å². The number of hydrogen-bond donors (Lipinski definition) is 0. The van der Waals surface area contributed by atoms with E-state index in [1.165, 1.54) is 5.20 Å². The van der Waals surface area contributed by atoms with Crippen LogP contribution in [-0.4, -0.2) is 8.07 Å². The Bertz CT molecular complexity index is 189. The Kier molecular flexibility index (Phi) is 4.60. The summed E-state index contributed by atoms with van der Waals surface area (Å²) in [6.07, 6.45) is 3.30. The third kappa shape index (κ3) is 2.08. The Morgan fingerprint density at radius 1 is 1.17 bits per heavy atom. The number of rotatable bonds is 5. The zero-order chi connectivity index (χ0) is 9.61. The predicted molar refractivity (Wildman–Crippen MR) is 60.4 cm³/mol. The molecule has 0 atom stereocenters. The van der Waals surface area contributed by atoms with Crippen molar-refractivity contribution in [2.75, 3.05) is 0 Å². The van der Waals surface area contributed by atoms with Crippen LogP contribution >= 0.6 is 0 Å². The molecule has 0 saturated carbocycles. The van der Waals surface area contributed by atoms with Crippen LogP contribution in [0.25, 0.3) is 0 Å². The Hall–Kier alpha value is -0.823. The van der Waals surface area contributed by atoms with Gasteiger partial charge < -0.3 is 0 Å². The van der Waals surface area contributed by atoms with E-state index in [-0.39, 0.29) is 0 Å². The Morgan fingerprint density at radius 3 is 1.83 bits per heavy atom. The van der Waals surface area contributed by atoms with E-state index in [0.717, 1.165) is 6.42 Å². The van der Waals surface area contributed by atoms with Gasteiger partial charge in [-0.1, -0.05) is 35.3 Å². The third-order valence-corrected chi connectivity index (χ3v) is 5.80. The van der Waals surface area contributed by atoms with Gasteiger partial charge in [-0.15, -0.1) is 19.7 Å². The van der Waals surface area contributed by atoms with Gasteiger partial charge in [0.25, 0.3) is 0 Å². The van der Waals surface area contributed by atoms with Crippen molar-refractivity contribution in [1.82, 2.24) is 0 Å². The van der Waals surface area contributed by atoms with Gasteiger partial charge in [0.15, 0.2) is 8.07 Å². The first-order valence-electron chi connectivity index (χ1n) is 4.24. The summed E-state index contributed by atoms with van der Waals surface area (Å²) in [4.78, 5) is 0. The van der Waals surface area contributed by atoms with Gasteiger partial charge in [-0.3, -0.25) is 0 Å². The molecule has 0 rings (SSSR count). The lowest BCUT2D eigenvalue weighted by Gasteiger charge is -2.20. The van der Waals surface area contributed by atoms with Crippen molar-refractivity contribution in [3.05, 3.63) is 48.1 Å². The van der Waals surface area contributed by atoms with Crippen molar-refractivity contribution in [3.8, 4) is 0 Å². The summed E-state index contributed by atoms with van der Waals surface area (Å²) in [7, 11) is -1.69. The summed E-state index contributed by atoms with van der Waals surface area (Å²) in [5, 5.41) is 1.38. The molecule has 66 valence electrons. The van der Waals surface area contributed by atoms with Crippen molar-refractivity contribution in [3.63, 3.8) is 0 Å². The van der Waals surface area contributed by atoms with E-state index in [0.29, 0.717) is 0 Å². The fraction of sp³-hybridized carbons (Fsp3) is 0.273. The van der Waals surface area contributed by atoms with Crippen LogP contribution in [0.2, 0.25) is 0 Å². The highest BCUT2D eigenvalue weighted by molar-refractivity contribution is 6.98. The van der Waals surface area contributed by atoms with Crippen LogP contribution < -0.4 is 0 Å². The molecule has 0 radical (unpaired) electrons. The molecular weight excluding hydrogens is 160 g/mol. The minimum atomic E-state index is -1.69. The van der Waals surface area contributed by atoms with Gasteiger partial charge in [0.1, 0.15) is 0 Å². The minimum Gasteiger partial charge on any atom is -0.106 e. The van der Waals surface area contributed by atoms with Crippen LogP contribution in [0.15, 0.2) is 48.1 Å². The zero-order valence-electron chi connectivity index (χ0n) is 8.14. The fourth-order valence-corrected chi connectivity index (χ4v) is 3.24. The average molecular weight is 178 g/mol. The molecule has 0 heterocycles. The zero-order valence-corrected chi connectivity index (χ0v) is 9.14. The van der Waals surface area contributed by atoms with Gasteiger partial charge in [0.2, 0.25) is 0 Å². The van der Waals surface area contributed by atoms with Crippen LogP contribution in [0.3, 0.4) is 0 Å². The summed E-state index contributed by atoms with van der Waals surface area (Å²) in [6, 6.07) is 0. The lowest BCUT2D eigenvalue weighted by atomic mass is 10.4. The van der Waals surface area contributed by atoms with Gasteiger partial charge >= 0.3 is 0 Å². The second-order valence-corrected chi connectivity index (χ2v) is 6.72. The maximum absolute atomic E-state index is 3.86. The highest BCUT2D eigenvalue weighted by Gasteiger charge is 2.22. The van der Waals surface area contributed by atoms with Crippen molar-refractivity contribution < 1.29 is 0 Å². The summed E-state index contributed by atoms with van der Waals surface area (Å²) in [5.74, 6) is 0. The lowest BCUT2D eigenvalue weighted by Crippen LogP contribution is -2.28. The molecule has 0 fully saturated rings. The Balaban J connectivity index is 4.95. The molecule has 0 aromatic rings. The molecule has 12 heavy (non-hydrogen) atoms. The first-order valence-corrected chi connectivity index (χ1v) is 6.48. The van der Waals surface area contributed by atoms with Crippen LogP contribution in [0.1, 0.15) is 20.3 Å². The van der Waals surface area contributed by atoms with Crippen molar-refractivity contribution in [2.24, 2.45) is 0 Å². The molecule has 0 unspecified atom stereocenters. The number of hydrogen-bond acceptors (Lipinski definition) is 0. The first kappa shape index (κ1) is 11.2. The second-order valence-electron chi connectivity index (χ2n) is 2.84. The van der Waals surface area contributed by atoms with Gasteiger partial charge in [0.05, 0.1) is 0 Å². The van der Waals surface area contributed by atoms with Gasteiger partial charge in [-0.05, 0) is 13.3 Å². The van der Waals surface area contributed by atoms with E-state index >= 15 is 0 Å². The number of allylic oxidation sites excluding steroid dienone is 2. The van der Waals surface area contributed by atoms with Crippen LogP contribution in [0.5, 0.6) is 0 Å². The van der Waals surface area contributed by atoms with E-state index in [1.807, 2.05) is 17.1 Å². The third-order valence-electron chi connectivity index (χ3n) is 2.21. The molecule has 0 spiro atoms. The van der Waals surface area contributed by atoms with Crippen LogP contribution in [0.4, 0.5) is 0 Å². The second kappa shape index (κ2) is 4.94. The van der Waals surface area contributed by atoms with Crippen LogP contribution in [-0.2, 0) is 0 Å². The lowest BCUT2D eigenvalue weighted by molar-refractivity contribution is 1.21. The summed E-state index contributed by atoms with van der Waals surface area (Å²) < 4.78 is 0. The first-order chi connectivity index (χ1) is 5.66. The van der Waals surface area contributed by atoms with Crippen molar-refractivity contribution in [1.29, 1.82) is 0 Å². The Labute approximate surface area is 77.0 Å². The van der Waals surface area contributed by atoms with Crippen molar-refractivity contribution >= 4 is 8.07 Å². The van der Waals surface area contributed by atoms with E-state index in [9.17, 15) is 0 Å². The van der Waals surface area contributed by atoms with Crippen LogP contribution in [0, 0.1) is 0 Å². The van der Waals surface area contributed by atoms with E-state index in [2.05, 4.69) is 39.7 Å². The molecule has 0 aromatic heterocycles. The highest BCUT2D eigenvalue weighted by atomic mass is 28.3. The molecule has 0 N–H and O–H groups in total. The fourth-order valence-electron chi connectivity index (χ4n) is 1.22. The van der Waals surface area contributed by atoms with E-state index in [1.54, 1.807) is 0 Å². The molecule has 0 aliphatic heterocycles. The molecule has 0 aliphatic carbocycles. The van der Waals surface area contributed by atoms with E-state index in [4.69, 9.17) is 0 Å². The van der Waals surface area contributed by atoms with Gasteiger partial charge in [-0.2, -0.15) is 0 Å². The summed E-state index contributed by atoms with van der Waals surface area (Å²) in [5.41, 5.74) is 6.03. The largest absolute Gasteiger partial charge is 0.151 e. The minimum absolute atomic E-state index is 1.07. The van der Waals surface area contributed by atoms with Gasteiger partial charge in [-0.25, -0.2) is 0 Å². The molecule has 0 aliphatic rings.